The van der Waals surface area contributed by atoms with Crippen molar-refractivity contribution in [3.05, 3.63) is 54.6 Å². The van der Waals surface area contributed by atoms with Gasteiger partial charge in [0.2, 0.25) is 5.91 Å². The molecule has 4 rings (SSSR count). The number of hydrogen-bond donors (Lipinski definition) is 1. The molecule has 0 atom stereocenters. The maximum atomic E-state index is 13.7. The van der Waals surface area contributed by atoms with Crippen LogP contribution in [0.4, 0.5) is 16.2 Å². The molecular formula is C25H31N5O4. The summed E-state index contributed by atoms with van der Waals surface area (Å²) in [6.45, 7) is 1.24. The van der Waals surface area contributed by atoms with E-state index >= 15 is 0 Å². The molecule has 2 aromatic rings. The third-order valence-electron chi connectivity index (χ3n) is 6.53. The molecule has 9 heteroatoms. The Morgan fingerprint density at radius 1 is 1.03 bits per heavy atom. The average molecular weight is 466 g/mol. The van der Waals surface area contributed by atoms with Gasteiger partial charge in [-0.25, -0.2) is 4.79 Å². The first-order chi connectivity index (χ1) is 16.3. The van der Waals surface area contributed by atoms with Crippen molar-refractivity contribution in [3.8, 4) is 5.75 Å². The second-order valence-electron chi connectivity index (χ2n) is 8.88. The van der Waals surface area contributed by atoms with Crippen molar-refractivity contribution in [1.82, 2.24) is 14.7 Å². The van der Waals surface area contributed by atoms with Crippen LogP contribution in [0.25, 0.3) is 0 Å². The molecule has 2 aromatic carbocycles. The second-order valence-corrected chi connectivity index (χ2v) is 8.88. The normalized spacial score (nSPS) is 17.1. The predicted molar refractivity (Wildman–Crippen MR) is 130 cm³/mol. The van der Waals surface area contributed by atoms with E-state index in [9.17, 15) is 14.4 Å². The van der Waals surface area contributed by atoms with Crippen molar-refractivity contribution in [3.63, 3.8) is 0 Å². The topological polar surface area (TPSA) is 85.4 Å². The molecule has 34 heavy (non-hydrogen) atoms. The van der Waals surface area contributed by atoms with E-state index in [1.165, 1.54) is 0 Å². The van der Waals surface area contributed by atoms with E-state index in [-0.39, 0.29) is 24.4 Å². The van der Waals surface area contributed by atoms with Crippen LogP contribution in [0, 0.1) is 0 Å². The Kier molecular flexibility index (Phi) is 6.63. The number of rotatable bonds is 5. The number of carbonyl (C=O) groups is 3. The van der Waals surface area contributed by atoms with Crippen LogP contribution in [-0.2, 0) is 9.59 Å². The highest BCUT2D eigenvalue weighted by Crippen LogP contribution is 2.39. The average Bonchev–Trinajstić information content (AvgIpc) is 3.11. The van der Waals surface area contributed by atoms with Crippen molar-refractivity contribution in [2.24, 2.45) is 0 Å². The number of likely N-dealkylation sites (tertiary alicyclic amines) is 1. The number of benzene rings is 2. The van der Waals surface area contributed by atoms with Gasteiger partial charge < -0.3 is 29.7 Å². The summed E-state index contributed by atoms with van der Waals surface area (Å²) >= 11 is 0. The maximum Gasteiger partial charge on any atom is 0.319 e. The lowest BCUT2D eigenvalue weighted by molar-refractivity contribution is -0.136. The van der Waals surface area contributed by atoms with Crippen LogP contribution in [0.5, 0.6) is 5.75 Å². The number of urea groups is 1. The zero-order chi connectivity index (χ0) is 24.3. The first-order valence-corrected chi connectivity index (χ1v) is 11.4. The summed E-state index contributed by atoms with van der Waals surface area (Å²) in [5, 5.41) is 2.86. The van der Waals surface area contributed by atoms with E-state index in [2.05, 4.69) is 10.2 Å². The Morgan fingerprint density at radius 2 is 1.68 bits per heavy atom. The van der Waals surface area contributed by atoms with Gasteiger partial charge in [0.25, 0.3) is 5.91 Å². The van der Waals surface area contributed by atoms with Crippen molar-refractivity contribution in [2.75, 3.05) is 57.7 Å². The highest BCUT2D eigenvalue weighted by atomic mass is 16.5. The third kappa shape index (κ3) is 4.50. The van der Waals surface area contributed by atoms with E-state index in [1.54, 1.807) is 60.2 Å². The monoisotopic (exact) mass is 465 g/mol. The molecule has 0 radical (unpaired) electrons. The third-order valence-corrected chi connectivity index (χ3v) is 6.53. The molecule has 9 nitrogen and oxygen atoms in total. The Balaban J connectivity index is 1.51. The minimum absolute atomic E-state index is 0.0453. The number of carbonyl (C=O) groups excluding carboxylic acids is 3. The highest BCUT2D eigenvalue weighted by molar-refractivity contribution is 5.99. The summed E-state index contributed by atoms with van der Waals surface area (Å²) in [6, 6.07) is 16.8. The summed E-state index contributed by atoms with van der Waals surface area (Å²) < 4.78 is 5.15. The molecule has 0 bridgehead atoms. The van der Waals surface area contributed by atoms with Crippen LogP contribution in [0.15, 0.2) is 54.6 Å². The summed E-state index contributed by atoms with van der Waals surface area (Å²) in [6.07, 6.45) is 1.02. The minimum atomic E-state index is -0.773. The van der Waals surface area contributed by atoms with Gasteiger partial charge in [-0.1, -0.05) is 18.2 Å². The van der Waals surface area contributed by atoms with Crippen molar-refractivity contribution >= 4 is 29.2 Å². The molecule has 2 aliphatic rings. The number of methoxy groups -OCH3 is 1. The van der Waals surface area contributed by atoms with Gasteiger partial charge >= 0.3 is 6.03 Å². The summed E-state index contributed by atoms with van der Waals surface area (Å²) in [5.41, 5.74) is 0.800. The van der Waals surface area contributed by atoms with E-state index in [0.29, 0.717) is 44.0 Å². The lowest BCUT2D eigenvalue weighted by Crippen LogP contribution is -2.58. The molecule has 2 saturated heterocycles. The van der Waals surface area contributed by atoms with Gasteiger partial charge in [0.05, 0.1) is 13.8 Å². The smallest absolute Gasteiger partial charge is 0.319 e. The molecule has 2 heterocycles. The fourth-order valence-corrected chi connectivity index (χ4v) is 4.72. The van der Waals surface area contributed by atoms with E-state index in [0.717, 1.165) is 5.69 Å². The van der Waals surface area contributed by atoms with Crippen LogP contribution in [-0.4, -0.2) is 85.6 Å². The Morgan fingerprint density at radius 3 is 2.26 bits per heavy atom. The minimum Gasteiger partial charge on any atom is -0.497 e. The molecule has 0 aliphatic carbocycles. The molecule has 4 amide bonds. The predicted octanol–water partition coefficient (Wildman–Crippen LogP) is 2.46. The molecule has 0 saturated carbocycles. The molecule has 1 spiro atoms. The Labute approximate surface area is 199 Å². The van der Waals surface area contributed by atoms with E-state index in [4.69, 9.17) is 4.74 Å². The number of anilines is 2. The SMILES string of the molecule is COc1ccc(NC(=O)CN2CN(c3ccccc3)C3(CCN(C(=O)N(C)C)CC3)C2=O)cc1. The van der Waals surface area contributed by atoms with E-state index in [1.807, 2.05) is 30.3 Å². The van der Waals surface area contributed by atoms with Crippen LogP contribution in [0.3, 0.4) is 0 Å². The fourth-order valence-electron chi connectivity index (χ4n) is 4.72. The number of amides is 4. The number of para-hydroxylation sites is 1. The summed E-state index contributed by atoms with van der Waals surface area (Å²) in [4.78, 5) is 46.0. The van der Waals surface area contributed by atoms with Crippen LogP contribution in [0.2, 0.25) is 0 Å². The van der Waals surface area contributed by atoms with Gasteiger partial charge in [-0.05, 0) is 49.2 Å². The number of nitrogens with zero attached hydrogens (tertiary/aromatic N) is 4. The number of ether oxygens (including phenoxy) is 1. The first kappa shape index (κ1) is 23.4. The lowest BCUT2D eigenvalue weighted by Gasteiger charge is -2.43. The molecule has 2 fully saturated rings. The van der Waals surface area contributed by atoms with E-state index < -0.39 is 5.54 Å². The first-order valence-electron chi connectivity index (χ1n) is 11.4. The molecule has 0 aromatic heterocycles. The van der Waals surface area contributed by atoms with Gasteiger partial charge in [-0.2, -0.15) is 0 Å². The zero-order valence-corrected chi connectivity index (χ0v) is 19.9. The fraction of sp³-hybridized carbons (Fsp3) is 0.400. The molecule has 1 N–H and O–H groups in total. The van der Waals surface area contributed by atoms with Crippen molar-refractivity contribution in [2.45, 2.75) is 18.4 Å². The zero-order valence-electron chi connectivity index (χ0n) is 19.9. The molecule has 0 unspecified atom stereocenters. The van der Waals surface area contributed by atoms with Crippen LogP contribution in [0.1, 0.15) is 12.8 Å². The van der Waals surface area contributed by atoms with Gasteiger partial charge in [0.15, 0.2) is 0 Å². The summed E-state index contributed by atoms with van der Waals surface area (Å²) in [7, 11) is 5.04. The highest BCUT2D eigenvalue weighted by Gasteiger charge is 2.54. The quantitative estimate of drug-likeness (QED) is 0.733. The van der Waals surface area contributed by atoms with Crippen LogP contribution < -0.4 is 15.0 Å². The Hall–Kier alpha value is -3.75. The van der Waals surface area contributed by atoms with Gasteiger partial charge in [0, 0.05) is 38.6 Å². The standard InChI is InChI=1S/C25H31N5O4/c1-27(2)24(33)28-15-13-25(14-16-28)23(32)29(18-30(25)20-7-5-4-6-8-20)17-22(31)26-19-9-11-21(34-3)12-10-19/h4-12H,13-18H2,1-3H3,(H,26,31). The van der Waals surface area contributed by atoms with Crippen LogP contribution >= 0.6 is 0 Å². The molecule has 180 valence electrons. The van der Waals surface area contributed by atoms with Gasteiger partial charge in [-0.15, -0.1) is 0 Å². The summed E-state index contributed by atoms with van der Waals surface area (Å²) in [5.74, 6) is 0.370. The second kappa shape index (κ2) is 9.62. The van der Waals surface area contributed by atoms with Gasteiger partial charge in [0.1, 0.15) is 17.8 Å². The lowest BCUT2D eigenvalue weighted by atomic mass is 9.85. The van der Waals surface area contributed by atoms with Crippen molar-refractivity contribution < 1.29 is 19.1 Å². The molecular weight excluding hydrogens is 434 g/mol. The molecule has 2 aliphatic heterocycles. The maximum absolute atomic E-state index is 13.7. The van der Waals surface area contributed by atoms with Crippen molar-refractivity contribution in [1.29, 1.82) is 0 Å². The largest absolute Gasteiger partial charge is 0.497 e. The Bertz CT molecular complexity index is 1030. The number of nitrogens with one attached hydrogen (secondary N) is 1. The van der Waals surface area contributed by atoms with Gasteiger partial charge in [-0.3, -0.25) is 9.59 Å². The number of piperidine rings is 1. The number of hydrogen-bond acceptors (Lipinski definition) is 5.